The van der Waals surface area contributed by atoms with Gasteiger partial charge >= 0.3 is 5.97 Å². The van der Waals surface area contributed by atoms with Crippen LogP contribution in [0.1, 0.15) is 10.4 Å². The first-order valence-corrected chi connectivity index (χ1v) is 9.27. The van der Waals surface area contributed by atoms with Gasteiger partial charge in [0.15, 0.2) is 11.5 Å². The van der Waals surface area contributed by atoms with E-state index in [2.05, 4.69) is 20.8 Å². The molecule has 1 amide bonds. The van der Waals surface area contributed by atoms with Crippen molar-refractivity contribution in [1.82, 2.24) is 20.2 Å². The Morgan fingerprint density at radius 2 is 1.83 bits per heavy atom. The lowest BCUT2D eigenvalue weighted by Crippen LogP contribution is -2.17. The average molecular weight is 415 g/mol. The zero-order valence-corrected chi connectivity index (χ0v) is 16.3. The predicted octanol–water partition coefficient (Wildman–Crippen LogP) is 2.11. The molecule has 1 heterocycles. The molecule has 10 nitrogen and oxygen atoms in total. The molecule has 0 bridgehead atoms. The smallest absolute Gasteiger partial charge is 0.337 e. The van der Waals surface area contributed by atoms with E-state index in [0.717, 1.165) is 17.4 Å². The number of carboxylic acid groups (broad SMARTS) is 1. The molecule has 0 spiro atoms. The van der Waals surface area contributed by atoms with Gasteiger partial charge in [0, 0.05) is 12.1 Å². The lowest BCUT2D eigenvalue weighted by molar-refractivity contribution is -0.113. The van der Waals surface area contributed by atoms with Crippen LogP contribution in [-0.2, 0) is 4.79 Å². The Kier molecular flexibility index (Phi) is 6.29. The van der Waals surface area contributed by atoms with Crippen LogP contribution in [0, 0.1) is 0 Å². The molecule has 0 fully saturated rings. The highest BCUT2D eigenvalue weighted by molar-refractivity contribution is 7.99. The highest BCUT2D eigenvalue weighted by atomic mass is 32.2. The van der Waals surface area contributed by atoms with Crippen LogP contribution >= 0.6 is 11.8 Å². The predicted molar refractivity (Wildman–Crippen MR) is 105 cm³/mol. The number of carbonyl (C=O) groups excluding carboxylic acids is 1. The Balaban J connectivity index is 1.74. The number of nitrogens with one attached hydrogen (secondary N) is 1. The van der Waals surface area contributed by atoms with E-state index in [9.17, 15) is 14.7 Å². The second kappa shape index (κ2) is 9.06. The second-order valence-electron chi connectivity index (χ2n) is 5.60. The molecule has 0 saturated carbocycles. The summed E-state index contributed by atoms with van der Waals surface area (Å²) in [6.45, 7) is 0. The number of rotatable bonds is 8. The van der Waals surface area contributed by atoms with Crippen molar-refractivity contribution in [3.05, 3.63) is 48.0 Å². The van der Waals surface area contributed by atoms with Gasteiger partial charge in [-0.25, -0.2) is 4.79 Å². The Bertz CT molecular complexity index is 1020. The summed E-state index contributed by atoms with van der Waals surface area (Å²) in [6.07, 6.45) is 0. The number of hydrogen-bond donors (Lipinski definition) is 2. The van der Waals surface area contributed by atoms with Gasteiger partial charge in [0.1, 0.15) is 0 Å². The van der Waals surface area contributed by atoms with E-state index in [4.69, 9.17) is 9.47 Å². The van der Waals surface area contributed by atoms with Gasteiger partial charge in [0.2, 0.25) is 11.1 Å². The third kappa shape index (κ3) is 4.63. The SMILES string of the molecule is COc1cc(NC(=O)CSc2nnnn2-c2ccccc2)c(C(=O)O)cc1OC. The fourth-order valence-electron chi connectivity index (χ4n) is 2.48. The number of methoxy groups -OCH3 is 2. The van der Waals surface area contributed by atoms with Crippen molar-refractivity contribution in [2.45, 2.75) is 5.16 Å². The van der Waals surface area contributed by atoms with Crippen LogP contribution in [0.15, 0.2) is 47.6 Å². The van der Waals surface area contributed by atoms with Gasteiger partial charge < -0.3 is 19.9 Å². The molecular weight excluding hydrogens is 398 g/mol. The van der Waals surface area contributed by atoms with E-state index in [0.29, 0.717) is 10.9 Å². The number of ether oxygens (including phenoxy) is 2. The lowest BCUT2D eigenvalue weighted by Gasteiger charge is -2.13. The third-order valence-electron chi connectivity index (χ3n) is 3.80. The van der Waals surface area contributed by atoms with Gasteiger partial charge in [-0.3, -0.25) is 4.79 Å². The number of tetrazole rings is 1. The number of amides is 1. The van der Waals surface area contributed by atoms with E-state index in [1.165, 1.54) is 31.0 Å². The van der Waals surface area contributed by atoms with Crippen molar-refractivity contribution in [1.29, 1.82) is 0 Å². The average Bonchev–Trinajstić information content (AvgIpc) is 3.21. The molecule has 1 aromatic heterocycles. The molecule has 11 heteroatoms. The summed E-state index contributed by atoms with van der Waals surface area (Å²) >= 11 is 1.12. The van der Waals surface area contributed by atoms with Crippen molar-refractivity contribution >= 4 is 29.3 Å². The van der Waals surface area contributed by atoms with Gasteiger partial charge in [0.25, 0.3) is 0 Å². The summed E-state index contributed by atoms with van der Waals surface area (Å²) < 4.78 is 11.8. The number of carboxylic acids is 1. The Hall–Kier alpha value is -3.60. The quantitative estimate of drug-likeness (QED) is 0.531. The van der Waals surface area contributed by atoms with E-state index < -0.39 is 11.9 Å². The highest BCUT2D eigenvalue weighted by Gasteiger charge is 2.19. The summed E-state index contributed by atoms with van der Waals surface area (Å²) in [4.78, 5) is 23.9. The standard InChI is InChI=1S/C18H17N5O5S/c1-27-14-8-12(17(25)26)13(9-15(14)28-2)19-16(24)10-29-18-20-21-22-23(18)11-6-4-3-5-7-11/h3-9H,10H2,1-2H3,(H,19,24)(H,25,26). The molecule has 0 aliphatic heterocycles. The number of thioether (sulfide) groups is 1. The Morgan fingerprint density at radius 1 is 1.14 bits per heavy atom. The molecular formula is C18H17N5O5S. The fraction of sp³-hybridized carbons (Fsp3) is 0.167. The molecule has 0 atom stereocenters. The highest BCUT2D eigenvalue weighted by Crippen LogP contribution is 2.33. The number of benzene rings is 2. The molecule has 3 aromatic rings. The number of para-hydroxylation sites is 1. The monoisotopic (exact) mass is 415 g/mol. The molecule has 0 radical (unpaired) electrons. The third-order valence-corrected chi connectivity index (χ3v) is 4.72. The van der Waals surface area contributed by atoms with Gasteiger partial charge in [-0.1, -0.05) is 30.0 Å². The number of anilines is 1. The Labute approximate surface area is 169 Å². The van der Waals surface area contributed by atoms with Crippen molar-refractivity contribution in [2.75, 3.05) is 25.3 Å². The van der Waals surface area contributed by atoms with Gasteiger partial charge in [-0.05, 0) is 22.6 Å². The van der Waals surface area contributed by atoms with Crippen LogP contribution in [0.2, 0.25) is 0 Å². The Morgan fingerprint density at radius 3 is 2.48 bits per heavy atom. The zero-order valence-electron chi connectivity index (χ0n) is 15.5. The summed E-state index contributed by atoms with van der Waals surface area (Å²) in [6, 6.07) is 11.9. The maximum Gasteiger partial charge on any atom is 0.337 e. The van der Waals surface area contributed by atoms with Gasteiger partial charge in [0.05, 0.1) is 36.9 Å². The van der Waals surface area contributed by atoms with Crippen LogP contribution in [0.25, 0.3) is 5.69 Å². The molecule has 0 aliphatic carbocycles. The van der Waals surface area contributed by atoms with E-state index in [-0.39, 0.29) is 22.8 Å². The molecule has 150 valence electrons. The minimum absolute atomic E-state index is 0.0272. The minimum atomic E-state index is -1.21. The summed E-state index contributed by atoms with van der Waals surface area (Å²) in [5.41, 5.74) is 0.743. The van der Waals surface area contributed by atoms with Crippen LogP contribution in [0.4, 0.5) is 5.69 Å². The summed E-state index contributed by atoms with van der Waals surface area (Å²) in [5, 5.41) is 23.9. The van der Waals surface area contributed by atoms with Crippen LogP contribution < -0.4 is 14.8 Å². The topological polar surface area (TPSA) is 128 Å². The lowest BCUT2D eigenvalue weighted by atomic mass is 10.1. The maximum atomic E-state index is 12.4. The molecule has 0 unspecified atom stereocenters. The van der Waals surface area contributed by atoms with E-state index in [1.54, 1.807) is 0 Å². The summed E-state index contributed by atoms with van der Waals surface area (Å²) in [5.74, 6) is -1.11. The molecule has 2 N–H and O–H groups in total. The molecule has 3 rings (SSSR count). The van der Waals surface area contributed by atoms with Crippen molar-refractivity contribution < 1.29 is 24.2 Å². The minimum Gasteiger partial charge on any atom is -0.493 e. The fourth-order valence-corrected chi connectivity index (χ4v) is 3.17. The second-order valence-corrected chi connectivity index (χ2v) is 6.55. The number of aromatic carboxylic acids is 1. The first-order valence-electron chi connectivity index (χ1n) is 8.29. The molecule has 0 saturated heterocycles. The van der Waals surface area contributed by atoms with E-state index in [1.807, 2.05) is 30.3 Å². The van der Waals surface area contributed by atoms with Crippen molar-refractivity contribution in [2.24, 2.45) is 0 Å². The molecule has 2 aromatic carbocycles. The van der Waals surface area contributed by atoms with Gasteiger partial charge in [-0.15, -0.1) is 5.10 Å². The number of hydrogen-bond acceptors (Lipinski definition) is 8. The van der Waals surface area contributed by atoms with Crippen molar-refractivity contribution in [3.63, 3.8) is 0 Å². The maximum absolute atomic E-state index is 12.4. The van der Waals surface area contributed by atoms with Crippen LogP contribution in [0.3, 0.4) is 0 Å². The van der Waals surface area contributed by atoms with Gasteiger partial charge in [-0.2, -0.15) is 4.68 Å². The molecule has 29 heavy (non-hydrogen) atoms. The van der Waals surface area contributed by atoms with Crippen molar-refractivity contribution in [3.8, 4) is 17.2 Å². The number of nitrogens with zero attached hydrogens (tertiary/aromatic N) is 4. The first-order chi connectivity index (χ1) is 14.0. The normalized spacial score (nSPS) is 10.4. The zero-order chi connectivity index (χ0) is 20.8. The van der Waals surface area contributed by atoms with E-state index >= 15 is 0 Å². The largest absolute Gasteiger partial charge is 0.493 e. The van der Waals surface area contributed by atoms with Crippen LogP contribution in [-0.4, -0.2) is 57.2 Å². The summed E-state index contributed by atoms with van der Waals surface area (Å²) in [7, 11) is 2.82. The first kappa shape index (κ1) is 20.1. The molecule has 0 aliphatic rings. The number of aromatic nitrogens is 4. The number of carbonyl (C=O) groups is 2. The van der Waals surface area contributed by atoms with Crippen LogP contribution in [0.5, 0.6) is 11.5 Å².